The van der Waals surface area contributed by atoms with Crippen LogP contribution in [0.1, 0.15) is 28.4 Å². The highest BCUT2D eigenvalue weighted by Crippen LogP contribution is 2.13. The first kappa shape index (κ1) is 20.3. The summed E-state index contributed by atoms with van der Waals surface area (Å²) in [6.45, 7) is 4.22. The summed E-state index contributed by atoms with van der Waals surface area (Å²) in [6.07, 6.45) is 0. The lowest BCUT2D eigenvalue weighted by molar-refractivity contribution is 0.0956. The van der Waals surface area contributed by atoms with E-state index < -0.39 is 10.0 Å². The smallest absolute Gasteiger partial charge is 0.251 e. The minimum absolute atomic E-state index is 0.00942. The van der Waals surface area contributed by atoms with Gasteiger partial charge in [-0.25, -0.2) is 8.42 Å². The van der Waals surface area contributed by atoms with Crippen LogP contribution in [0.2, 0.25) is 0 Å². The monoisotopic (exact) mass is 392 g/mol. The number of aryl methyl sites for hydroxylation is 1. The van der Waals surface area contributed by atoms with E-state index in [1.165, 1.54) is 11.1 Å². The number of hydrogen-bond acceptors (Lipinski definition) is 4. The third kappa shape index (κ3) is 6.72. The minimum Gasteiger partial charge on any atom is -0.351 e. The van der Waals surface area contributed by atoms with E-state index >= 15 is 0 Å². The molecule has 0 aliphatic heterocycles. The molecule has 7 heteroatoms. The predicted octanol–water partition coefficient (Wildman–Crippen LogP) is 3.42. The standard InChI is InChI=1S/C19H24N2O3S2/c1-3-26(23,24)21-18-10-8-17(9-11-18)19(22)20-12-13-25-14-16-6-4-15(2)5-7-16/h4-11,21H,3,12-14H2,1-2H3,(H,20,22). The molecule has 0 heterocycles. The quantitative estimate of drug-likeness (QED) is 0.641. The molecule has 0 saturated heterocycles. The second-order valence-electron chi connectivity index (χ2n) is 5.88. The molecule has 0 saturated carbocycles. The number of anilines is 1. The van der Waals surface area contributed by atoms with Gasteiger partial charge < -0.3 is 5.32 Å². The molecule has 0 fully saturated rings. The van der Waals surface area contributed by atoms with Gasteiger partial charge in [0, 0.05) is 29.3 Å². The zero-order valence-corrected chi connectivity index (χ0v) is 16.6. The summed E-state index contributed by atoms with van der Waals surface area (Å²) in [5.74, 6) is 1.59. The Labute approximate surface area is 159 Å². The van der Waals surface area contributed by atoms with Crippen LogP contribution in [0, 0.1) is 6.92 Å². The van der Waals surface area contributed by atoms with Crippen LogP contribution >= 0.6 is 11.8 Å². The van der Waals surface area contributed by atoms with E-state index in [2.05, 4.69) is 41.2 Å². The average molecular weight is 393 g/mol. The largest absolute Gasteiger partial charge is 0.351 e. The van der Waals surface area contributed by atoms with Crippen molar-refractivity contribution in [2.75, 3.05) is 22.8 Å². The molecule has 0 unspecified atom stereocenters. The minimum atomic E-state index is -3.30. The van der Waals surface area contributed by atoms with Gasteiger partial charge in [0.15, 0.2) is 0 Å². The fourth-order valence-electron chi connectivity index (χ4n) is 2.15. The van der Waals surface area contributed by atoms with Crippen LogP contribution in [-0.4, -0.2) is 32.4 Å². The first-order chi connectivity index (χ1) is 12.4. The molecule has 26 heavy (non-hydrogen) atoms. The van der Waals surface area contributed by atoms with E-state index in [9.17, 15) is 13.2 Å². The summed E-state index contributed by atoms with van der Waals surface area (Å²) in [4.78, 5) is 12.1. The van der Waals surface area contributed by atoms with Gasteiger partial charge in [0.2, 0.25) is 10.0 Å². The number of sulfonamides is 1. The maximum Gasteiger partial charge on any atom is 0.251 e. The van der Waals surface area contributed by atoms with Crippen molar-refractivity contribution in [1.82, 2.24) is 5.32 Å². The first-order valence-electron chi connectivity index (χ1n) is 8.41. The summed E-state index contributed by atoms with van der Waals surface area (Å²) in [5.41, 5.74) is 3.49. The molecule has 0 atom stereocenters. The number of rotatable bonds is 9. The Morgan fingerprint density at radius 1 is 1.04 bits per heavy atom. The second kappa shape index (κ2) is 9.64. The van der Waals surface area contributed by atoms with E-state index in [4.69, 9.17) is 0 Å². The number of carbonyl (C=O) groups excluding carboxylic acids is 1. The van der Waals surface area contributed by atoms with Crippen molar-refractivity contribution in [3.8, 4) is 0 Å². The van der Waals surface area contributed by atoms with Crippen molar-refractivity contribution < 1.29 is 13.2 Å². The maximum atomic E-state index is 12.1. The van der Waals surface area contributed by atoms with E-state index in [1.54, 1.807) is 43.0 Å². The van der Waals surface area contributed by atoms with Gasteiger partial charge in [-0.3, -0.25) is 9.52 Å². The Hall–Kier alpha value is -1.99. The highest BCUT2D eigenvalue weighted by atomic mass is 32.2. The summed E-state index contributed by atoms with van der Waals surface area (Å²) >= 11 is 1.77. The highest BCUT2D eigenvalue weighted by molar-refractivity contribution is 7.98. The molecule has 2 N–H and O–H groups in total. The highest BCUT2D eigenvalue weighted by Gasteiger charge is 2.08. The van der Waals surface area contributed by atoms with Crippen LogP contribution in [0.25, 0.3) is 0 Å². The fourth-order valence-corrected chi connectivity index (χ4v) is 3.61. The molecule has 0 aromatic heterocycles. The number of hydrogen-bond donors (Lipinski definition) is 2. The lowest BCUT2D eigenvalue weighted by Crippen LogP contribution is -2.25. The van der Waals surface area contributed by atoms with Crippen LogP contribution in [-0.2, 0) is 15.8 Å². The third-order valence-corrected chi connectivity index (χ3v) is 6.06. The molecule has 2 aromatic rings. The molecular weight excluding hydrogens is 368 g/mol. The van der Waals surface area contributed by atoms with Gasteiger partial charge in [0.1, 0.15) is 0 Å². The van der Waals surface area contributed by atoms with Crippen LogP contribution in [0.4, 0.5) is 5.69 Å². The SMILES string of the molecule is CCS(=O)(=O)Nc1ccc(C(=O)NCCSCc2ccc(C)cc2)cc1. The Morgan fingerprint density at radius 2 is 1.69 bits per heavy atom. The van der Waals surface area contributed by atoms with Crippen LogP contribution in [0.5, 0.6) is 0 Å². The van der Waals surface area contributed by atoms with E-state index in [1.807, 2.05) is 0 Å². The van der Waals surface area contributed by atoms with E-state index in [0.29, 0.717) is 17.8 Å². The number of carbonyl (C=O) groups is 1. The van der Waals surface area contributed by atoms with Crippen LogP contribution < -0.4 is 10.0 Å². The van der Waals surface area contributed by atoms with Crippen molar-refractivity contribution in [1.29, 1.82) is 0 Å². The van der Waals surface area contributed by atoms with Gasteiger partial charge in [0.05, 0.1) is 5.75 Å². The second-order valence-corrected chi connectivity index (χ2v) is 8.99. The molecule has 140 valence electrons. The van der Waals surface area contributed by atoms with Gasteiger partial charge in [-0.1, -0.05) is 29.8 Å². The topological polar surface area (TPSA) is 75.3 Å². The molecule has 1 amide bonds. The molecule has 2 aromatic carbocycles. The summed E-state index contributed by atoms with van der Waals surface area (Å²) in [5, 5.41) is 2.87. The van der Waals surface area contributed by atoms with Gasteiger partial charge in [-0.15, -0.1) is 0 Å². The molecule has 0 aliphatic carbocycles. The summed E-state index contributed by atoms with van der Waals surface area (Å²) in [7, 11) is -3.30. The predicted molar refractivity (Wildman–Crippen MR) is 109 cm³/mol. The number of amides is 1. The zero-order valence-electron chi connectivity index (χ0n) is 15.0. The lowest BCUT2D eigenvalue weighted by atomic mass is 10.2. The molecule has 5 nitrogen and oxygen atoms in total. The number of nitrogens with one attached hydrogen (secondary N) is 2. The van der Waals surface area contributed by atoms with Crippen molar-refractivity contribution in [3.63, 3.8) is 0 Å². The van der Waals surface area contributed by atoms with E-state index in [0.717, 1.165) is 11.5 Å². The Balaban J connectivity index is 1.73. The normalized spacial score (nSPS) is 11.2. The Morgan fingerprint density at radius 3 is 2.31 bits per heavy atom. The van der Waals surface area contributed by atoms with Crippen molar-refractivity contribution in [2.24, 2.45) is 0 Å². The number of benzene rings is 2. The summed E-state index contributed by atoms with van der Waals surface area (Å²) in [6, 6.07) is 14.8. The van der Waals surface area contributed by atoms with E-state index in [-0.39, 0.29) is 11.7 Å². The van der Waals surface area contributed by atoms with Gasteiger partial charge >= 0.3 is 0 Å². The van der Waals surface area contributed by atoms with Crippen molar-refractivity contribution >= 4 is 33.4 Å². The molecular formula is C19H24N2O3S2. The molecule has 0 aliphatic rings. The Kier molecular flexibility index (Phi) is 7.53. The third-order valence-electron chi connectivity index (χ3n) is 3.72. The Bertz CT molecular complexity index is 817. The average Bonchev–Trinajstić information content (AvgIpc) is 2.63. The van der Waals surface area contributed by atoms with Gasteiger partial charge in [-0.2, -0.15) is 11.8 Å². The number of thioether (sulfide) groups is 1. The van der Waals surface area contributed by atoms with Crippen molar-refractivity contribution in [3.05, 3.63) is 65.2 Å². The van der Waals surface area contributed by atoms with Gasteiger partial charge in [0.25, 0.3) is 5.91 Å². The molecule has 2 rings (SSSR count). The molecule has 0 bridgehead atoms. The van der Waals surface area contributed by atoms with Gasteiger partial charge in [-0.05, 0) is 43.7 Å². The molecule has 0 radical (unpaired) electrons. The van der Waals surface area contributed by atoms with Crippen molar-refractivity contribution in [2.45, 2.75) is 19.6 Å². The summed E-state index contributed by atoms with van der Waals surface area (Å²) < 4.78 is 25.5. The van der Waals surface area contributed by atoms with Crippen LogP contribution in [0.3, 0.4) is 0 Å². The molecule has 0 spiro atoms. The first-order valence-corrected chi connectivity index (χ1v) is 11.2. The van der Waals surface area contributed by atoms with Crippen LogP contribution in [0.15, 0.2) is 48.5 Å². The fraction of sp³-hybridized carbons (Fsp3) is 0.316. The zero-order chi connectivity index (χ0) is 19.0. The maximum absolute atomic E-state index is 12.1. The lowest BCUT2D eigenvalue weighted by Gasteiger charge is -2.08.